The Morgan fingerprint density at radius 3 is 1.38 bits per heavy atom. The maximum absolute atomic E-state index is 13.0. The number of hydrogen-bond donors (Lipinski definition) is 0. The predicted molar refractivity (Wildman–Crippen MR) is 180 cm³/mol. The van der Waals surface area contributed by atoms with Crippen molar-refractivity contribution < 1.29 is 9.59 Å². The van der Waals surface area contributed by atoms with Crippen LogP contribution in [-0.4, -0.2) is 61.5 Å². The fraction of sp³-hybridized carbons (Fsp3) is 0.267. The van der Waals surface area contributed by atoms with E-state index in [1.807, 2.05) is 50.1 Å². The quantitative estimate of drug-likeness (QED) is 0.208. The van der Waals surface area contributed by atoms with Gasteiger partial charge in [0.25, 0.3) is 0 Å². The number of thioether (sulfide) groups is 2. The Morgan fingerprint density at radius 2 is 1.02 bits per heavy atom. The molecule has 4 heterocycles. The molecule has 7 rings (SSSR count). The van der Waals surface area contributed by atoms with Gasteiger partial charge in [-0.1, -0.05) is 46.9 Å². The average Bonchev–Trinajstić information content (AvgIpc) is 3.75. The van der Waals surface area contributed by atoms with E-state index in [4.69, 9.17) is 9.97 Å². The van der Waals surface area contributed by atoms with Crippen LogP contribution in [0, 0.1) is 0 Å². The number of carbonyl (C=O) groups is 2. The molecule has 5 aromatic rings. The van der Waals surface area contributed by atoms with E-state index in [-0.39, 0.29) is 22.6 Å². The Hall–Kier alpha value is -3.32. The van der Waals surface area contributed by atoms with E-state index in [1.54, 1.807) is 23.5 Å². The maximum Gasteiger partial charge on any atom is 0.240 e. The van der Waals surface area contributed by atoms with Crippen LogP contribution in [0.2, 0.25) is 0 Å². The molecule has 0 N–H and O–H groups in total. The van der Waals surface area contributed by atoms with Gasteiger partial charge >= 0.3 is 0 Å². The fourth-order valence-electron chi connectivity index (χ4n) is 5.16. The minimum absolute atomic E-state index is 0.0673. The molecule has 214 valence electrons. The van der Waals surface area contributed by atoms with E-state index in [2.05, 4.69) is 58.3 Å². The van der Waals surface area contributed by atoms with Gasteiger partial charge in [0.1, 0.15) is 10.7 Å². The summed E-state index contributed by atoms with van der Waals surface area (Å²) in [6.45, 7) is 0. The second-order valence-electron chi connectivity index (χ2n) is 10.6. The van der Waals surface area contributed by atoms with Crippen molar-refractivity contribution in [3.8, 4) is 0 Å². The summed E-state index contributed by atoms with van der Waals surface area (Å²) in [5.41, 5.74) is 6.08. The van der Waals surface area contributed by atoms with Gasteiger partial charge in [-0.25, -0.2) is 9.97 Å². The normalized spacial score (nSPS) is 19.0. The smallest absolute Gasteiger partial charge is 0.240 e. The largest absolute Gasteiger partial charge is 0.378 e. The first kappa shape index (κ1) is 27.5. The minimum atomic E-state index is -0.109. The monoisotopic (exact) mass is 632 g/mol. The van der Waals surface area contributed by atoms with Crippen molar-refractivity contribution >= 4 is 100 Å². The highest BCUT2D eigenvalue weighted by atomic mass is 32.2. The third kappa shape index (κ3) is 4.80. The van der Waals surface area contributed by atoms with Crippen molar-refractivity contribution in [1.29, 1.82) is 0 Å². The first-order valence-electron chi connectivity index (χ1n) is 13.4. The number of aromatic nitrogens is 2. The lowest BCUT2D eigenvalue weighted by Gasteiger charge is -2.22. The van der Waals surface area contributed by atoms with Crippen LogP contribution in [0.25, 0.3) is 20.4 Å². The number of rotatable bonds is 6. The van der Waals surface area contributed by atoms with Crippen LogP contribution < -0.4 is 19.6 Å². The van der Waals surface area contributed by atoms with E-state index in [9.17, 15) is 9.59 Å². The second-order valence-corrected chi connectivity index (χ2v) is 14.8. The summed E-state index contributed by atoms with van der Waals surface area (Å²) in [5, 5.41) is 1.18. The summed E-state index contributed by atoms with van der Waals surface area (Å²) in [5.74, 6) is 0.990. The van der Waals surface area contributed by atoms with Crippen LogP contribution in [-0.2, 0) is 9.59 Å². The Morgan fingerprint density at radius 1 is 0.643 bits per heavy atom. The minimum Gasteiger partial charge on any atom is -0.378 e. The van der Waals surface area contributed by atoms with E-state index >= 15 is 0 Å². The average molecular weight is 633 g/mol. The second kappa shape index (κ2) is 10.7. The molecule has 8 nitrogen and oxygen atoms in total. The SMILES string of the molecule is CN(C)c1ccc(C2SCC(=O)N2c2nc3cc4sc(N5C(=O)CSC5c5ccc(N(C)C)cc5)nc4cc3s2)cc1. The molecule has 2 aliphatic heterocycles. The lowest BCUT2D eigenvalue weighted by Crippen LogP contribution is -2.27. The number of nitrogens with zero attached hydrogens (tertiary/aromatic N) is 6. The molecule has 12 heteroatoms. The van der Waals surface area contributed by atoms with Crippen LogP contribution in [0.1, 0.15) is 21.9 Å². The van der Waals surface area contributed by atoms with Gasteiger partial charge in [-0.3, -0.25) is 19.4 Å². The van der Waals surface area contributed by atoms with E-state index in [0.717, 1.165) is 42.9 Å². The summed E-state index contributed by atoms with van der Waals surface area (Å²) in [7, 11) is 8.07. The predicted octanol–water partition coefficient (Wildman–Crippen LogP) is 6.60. The number of carbonyl (C=O) groups excluding carboxylic acids is 2. The highest BCUT2D eigenvalue weighted by molar-refractivity contribution is 8.01. The van der Waals surface area contributed by atoms with Crippen LogP contribution in [0.15, 0.2) is 60.7 Å². The van der Waals surface area contributed by atoms with Gasteiger partial charge in [-0.15, -0.1) is 23.5 Å². The number of hydrogen-bond acceptors (Lipinski definition) is 10. The van der Waals surface area contributed by atoms with Crippen molar-refractivity contribution in [3.05, 3.63) is 71.8 Å². The van der Waals surface area contributed by atoms with Crippen molar-refractivity contribution in [2.75, 3.05) is 59.3 Å². The Kier molecular flexibility index (Phi) is 7.04. The van der Waals surface area contributed by atoms with E-state index in [0.29, 0.717) is 21.8 Å². The van der Waals surface area contributed by atoms with Crippen LogP contribution in [0.4, 0.5) is 21.6 Å². The van der Waals surface area contributed by atoms with Gasteiger partial charge in [0, 0.05) is 39.6 Å². The lowest BCUT2D eigenvalue weighted by molar-refractivity contribution is -0.116. The Balaban J connectivity index is 1.19. The topological polar surface area (TPSA) is 72.9 Å². The Labute approximate surface area is 260 Å². The Bertz CT molecular complexity index is 1640. The zero-order valence-electron chi connectivity index (χ0n) is 23.5. The molecule has 42 heavy (non-hydrogen) atoms. The molecule has 0 saturated carbocycles. The molecule has 0 radical (unpaired) electrons. The van der Waals surface area contributed by atoms with Crippen LogP contribution in [0.5, 0.6) is 0 Å². The standard InChI is InChI=1S/C30H28N6O2S4/c1-33(2)19-9-5-17(6-10-19)27-35(25(37)15-39-27)29-31-21-13-24-22(14-23(21)41-29)32-30(42-24)36-26(38)16-40-28(36)18-7-11-20(12-8-18)34(3)4/h5-14,27-28H,15-16H2,1-4H3. The molecule has 2 unspecified atom stereocenters. The van der Waals surface area contributed by atoms with Gasteiger partial charge in [0.05, 0.1) is 31.9 Å². The molecular weight excluding hydrogens is 605 g/mol. The van der Waals surface area contributed by atoms with Gasteiger partial charge in [-0.2, -0.15) is 0 Å². The molecule has 3 aromatic carbocycles. The van der Waals surface area contributed by atoms with E-state index in [1.165, 1.54) is 22.7 Å². The molecule has 2 aliphatic rings. The number of amides is 2. The highest BCUT2D eigenvalue weighted by Gasteiger charge is 2.37. The number of fused-ring (bicyclic) bond motifs is 2. The van der Waals surface area contributed by atoms with Crippen molar-refractivity contribution in [1.82, 2.24) is 9.97 Å². The lowest BCUT2D eigenvalue weighted by atomic mass is 10.2. The summed E-state index contributed by atoms with van der Waals surface area (Å²) in [6.07, 6.45) is 0. The van der Waals surface area contributed by atoms with E-state index < -0.39 is 0 Å². The molecule has 0 aliphatic carbocycles. The first-order valence-corrected chi connectivity index (χ1v) is 17.1. The molecule has 0 spiro atoms. The molecule has 2 amide bonds. The van der Waals surface area contributed by atoms with Crippen molar-refractivity contribution in [3.63, 3.8) is 0 Å². The summed E-state index contributed by atoms with van der Waals surface area (Å²) in [6, 6.07) is 20.8. The molecule has 2 fully saturated rings. The first-order chi connectivity index (χ1) is 20.3. The number of anilines is 4. The maximum atomic E-state index is 13.0. The molecule has 2 saturated heterocycles. The molecule has 2 atom stereocenters. The molecular formula is C30H28N6O2S4. The van der Waals surface area contributed by atoms with Gasteiger partial charge in [0.15, 0.2) is 10.3 Å². The molecule has 0 bridgehead atoms. The summed E-state index contributed by atoms with van der Waals surface area (Å²) >= 11 is 6.28. The van der Waals surface area contributed by atoms with Crippen LogP contribution >= 0.6 is 46.2 Å². The summed E-state index contributed by atoms with van der Waals surface area (Å²) in [4.78, 5) is 43.7. The number of benzene rings is 3. The summed E-state index contributed by atoms with van der Waals surface area (Å²) < 4.78 is 1.94. The van der Waals surface area contributed by atoms with Gasteiger partial charge < -0.3 is 9.80 Å². The fourth-order valence-corrected chi connectivity index (χ4v) is 9.66. The third-order valence-electron chi connectivity index (χ3n) is 7.41. The van der Waals surface area contributed by atoms with Crippen molar-refractivity contribution in [2.45, 2.75) is 10.7 Å². The molecule has 2 aromatic heterocycles. The third-order valence-corrected chi connectivity index (χ3v) is 11.9. The zero-order chi connectivity index (χ0) is 29.1. The van der Waals surface area contributed by atoms with Gasteiger partial charge in [0.2, 0.25) is 11.8 Å². The number of thiazole rings is 2. The van der Waals surface area contributed by atoms with Crippen molar-refractivity contribution in [2.24, 2.45) is 0 Å². The zero-order valence-corrected chi connectivity index (χ0v) is 26.7. The highest BCUT2D eigenvalue weighted by Crippen LogP contribution is 2.47. The van der Waals surface area contributed by atoms with Crippen LogP contribution in [0.3, 0.4) is 0 Å². The van der Waals surface area contributed by atoms with Gasteiger partial charge in [-0.05, 0) is 47.5 Å².